The Kier molecular flexibility index (Phi) is 7.53. The van der Waals surface area contributed by atoms with E-state index in [1.807, 2.05) is 0 Å². The molecule has 0 saturated carbocycles. The van der Waals surface area contributed by atoms with Crippen LogP contribution in [0.15, 0.2) is 29.6 Å². The number of nitrogens with one attached hydrogen (secondary N) is 1. The molecule has 2 rings (SSSR count). The Morgan fingerprint density at radius 2 is 2.07 bits per heavy atom. The highest BCUT2D eigenvalue weighted by Crippen LogP contribution is 2.33. The summed E-state index contributed by atoms with van der Waals surface area (Å²) in [6.45, 7) is 0.805. The summed E-state index contributed by atoms with van der Waals surface area (Å²) in [4.78, 5) is 29.6. The van der Waals surface area contributed by atoms with Crippen molar-refractivity contribution in [3.8, 4) is 10.6 Å². The lowest BCUT2D eigenvalue weighted by atomic mass is 10.1. The monoisotopic (exact) mass is 415 g/mol. The van der Waals surface area contributed by atoms with E-state index in [9.17, 15) is 22.8 Å². The molecular weight excluding hydrogens is 395 g/mol. The summed E-state index contributed by atoms with van der Waals surface area (Å²) in [5.41, 5.74) is -0.431. The second-order valence-corrected chi connectivity index (χ2v) is 6.83. The zero-order chi connectivity index (χ0) is 20.7. The first-order valence-electron chi connectivity index (χ1n) is 8.36. The van der Waals surface area contributed by atoms with Gasteiger partial charge >= 0.3 is 6.18 Å². The topological polar surface area (TPSA) is 71.5 Å². The summed E-state index contributed by atoms with van der Waals surface area (Å²) in [7, 11) is 3.02. The largest absolute Gasteiger partial charge is 0.416 e. The van der Waals surface area contributed by atoms with Crippen LogP contribution >= 0.6 is 11.3 Å². The number of amides is 2. The molecule has 0 aliphatic carbocycles. The van der Waals surface area contributed by atoms with Gasteiger partial charge in [-0.2, -0.15) is 13.2 Å². The van der Waals surface area contributed by atoms with Crippen LogP contribution in [0, 0.1) is 0 Å². The molecule has 0 aliphatic rings. The molecule has 6 nitrogen and oxygen atoms in total. The molecule has 1 aromatic heterocycles. The van der Waals surface area contributed by atoms with E-state index in [0.717, 1.165) is 23.5 Å². The van der Waals surface area contributed by atoms with Crippen molar-refractivity contribution in [2.24, 2.45) is 0 Å². The predicted molar refractivity (Wildman–Crippen MR) is 99.0 cm³/mol. The van der Waals surface area contributed by atoms with E-state index in [-0.39, 0.29) is 23.7 Å². The molecule has 152 valence electrons. The Labute approximate surface area is 164 Å². The Balaban J connectivity index is 2.01. The average molecular weight is 415 g/mol. The van der Waals surface area contributed by atoms with E-state index in [4.69, 9.17) is 4.74 Å². The van der Waals surface area contributed by atoms with Gasteiger partial charge in [-0.3, -0.25) is 9.59 Å². The maximum atomic E-state index is 12.9. The lowest BCUT2D eigenvalue weighted by Gasteiger charge is -2.15. The molecule has 28 heavy (non-hydrogen) atoms. The minimum Gasteiger partial charge on any atom is -0.385 e. The van der Waals surface area contributed by atoms with Crippen molar-refractivity contribution in [2.75, 3.05) is 33.9 Å². The van der Waals surface area contributed by atoms with Crippen LogP contribution in [0.3, 0.4) is 0 Å². The number of hydrogen-bond donors (Lipinski definition) is 1. The molecule has 1 aromatic carbocycles. The number of aromatic nitrogens is 1. The molecule has 0 radical (unpaired) electrons. The summed E-state index contributed by atoms with van der Waals surface area (Å²) in [6, 6.07) is 4.76. The van der Waals surface area contributed by atoms with Crippen LogP contribution in [0.25, 0.3) is 10.6 Å². The number of thiazole rings is 1. The van der Waals surface area contributed by atoms with E-state index < -0.39 is 17.6 Å². The number of hydrogen-bond acceptors (Lipinski definition) is 5. The summed E-state index contributed by atoms with van der Waals surface area (Å²) >= 11 is 1.07. The van der Waals surface area contributed by atoms with Gasteiger partial charge in [0.05, 0.1) is 12.1 Å². The lowest BCUT2D eigenvalue weighted by molar-refractivity contribution is -0.137. The Bertz CT molecular complexity index is 824. The highest BCUT2D eigenvalue weighted by molar-refractivity contribution is 7.13. The quantitative estimate of drug-likeness (QED) is 0.673. The van der Waals surface area contributed by atoms with E-state index in [1.165, 1.54) is 29.5 Å². The first-order valence-corrected chi connectivity index (χ1v) is 9.24. The second kappa shape index (κ2) is 9.65. The standard InChI is InChI=1S/C18H20F3N3O3S/c1-24(10-15(25)22-7-4-8-27-2)17(26)14-11-28-16(23-14)12-5-3-6-13(9-12)18(19,20)21/h3,5-6,9,11H,4,7-8,10H2,1-2H3,(H,22,25). The highest BCUT2D eigenvalue weighted by Gasteiger charge is 2.30. The van der Waals surface area contributed by atoms with Crippen LogP contribution in [-0.4, -0.2) is 55.6 Å². The van der Waals surface area contributed by atoms with Gasteiger partial charge in [-0.25, -0.2) is 4.98 Å². The number of rotatable bonds is 8. The fraction of sp³-hybridized carbons (Fsp3) is 0.389. The van der Waals surface area contributed by atoms with Gasteiger partial charge in [-0.05, 0) is 18.6 Å². The molecule has 0 atom stereocenters. The average Bonchev–Trinajstić information content (AvgIpc) is 3.14. The number of benzene rings is 1. The molecule has 10 heteroatoms. The third-order valence-corrected chi connectivity index (χ3v) is 4.63. The number of nitrogens with zero attached hydrogens (tertiary/aromatic N) is 2. The van der Waals surface area contributed by atoms with Crippen LogP contribution in [0.2, 0.25) is 0 Å². The van der Waals surface area contributed by atoms with E-state index >= 15 is 0 Å². The van der Waals surface area contributed by atoms with Gasteiger partial charge in [-0.15, -0.1) is 11.3 Å². The van der Waals surface area contributed by atoms with Crippen LogP contribution in [-0.2, 0) is 15.7 Å². The molecule has 0 unspecified atom stereocenters. The van der Waals surface area contributed by atoms with Crippen molar-refractivity contribution >= 4 is 23.2 Å². The van der Waals surface area contributed by atoms with Gasteiger partial charge in [0.25, 0.3) is 5.91 Å². The molecule has 0 saturated heterocycles. The number of ether oxygens (including phenoxy) is 1. The van der Waals surface area contributed by atoms with E-state index in [2.05, 4.69) is 10.3 Å². The maximum absolute atomic E-state index is 12.9. The van der Waals surface area contributed by atoms with Crippen LogP contribution < -0.4 is 5.32 Å². The fourth-order valence-electron chi connectivity index (χ4n) is 2.32. The van der Waals surface area contributed by atoms with Gasteiger partial charge in [-0.1, -0.05) is 12.1 Å². The van der Waals surface area contributed by atoms with E-state index in [1.54, 1.807) is 7.11 Å². The molecule has 0 aliphatic heterocycles. The molecular formula is C18H20F3N3O3S. The normalized spacial score (nSPS) is 11.3. The van der Waals surface area contributed by atoms with Crippen LogP contribution in [0.1, 0.15) is 22.5 Å². The van der Waals surface area contributed by atoms with Crippen LogP contribution in [0.4, 0.5) is 13.2 Å². The lowest BCUT2D eigenvalue weighted by Crippen LogP contribution is -2.38. The number of carbonyl (C=O) groups excluding carboxylic acids is 2. The number of halogens is 3. The van der Waals surface area contributed by atoms with Crippen molar-refractivity contribution in [3.05, 3.63) is 40.9 Å². The molecule has 0 fully saturated rings. The molecule has 0 bridgehead atoms. The fourth-order valence-corrected chi connectivity index (χ4v) is 3.11. The van der Waals surface area contributed by atoms with Crippen molar-refractivity contribution in [2.45, 2.75) is 12.6 Å². The Morgan fingerprint density at radius 3 is 2.75 bits per heavy atom. The minimum atomic E-state index is -4.46. The second-order valence-electron chi connectivity index (χ2n) is 5.97. The number of methoxy groups -OCH3 is 1. The highest BCUT2D eigenvalue weighted by atomic mass is 32.1. The summed E-state index contributed by atoms with van der Waals surface area (Å²) < 4.78 is 43.4. The SMILES string of the molecule is COCCCNC(=O)CN(C)C(=O)c1csc(-c2cccc(C(F)(F)F)c2)n1. The van der Waals surface area contributed by atoms with Gasteiger partial charge in [0, 0.05) is 38.3 Å². The summed E-state index contributed by atoms with van der Waals surface area (Å²) in [6.07, 6.45) is -3.80. The molecule has 0 spiro atoms. The van der Waals surface area contributed by atoms with Gasteiger partial charge < -0.3 is 15.0 Å². The Hall–Kier alpha value is -2.46. The molecule has 2 amide bonds. The maximum Gasteiger partial charge on any atom is 0.416 e. The predicted octanol–water partition coefficient (Wildman–Crippen LogP) is 3.05. The minimum absolute atomic E-state index is 0.0760. The van der Waals surface area contributed by atoms with Crippen molar-refractivity contribution in [1.82, 2.24) is 15.2 Å². The zero-order valence-corrected chi connectivity index (χ0v) is 16.2. The third kappa shape index (κ3) is 6.03. The van der Waals surface area contributed by atoms with Gasteiger partial charge in [0.1, 0.15) is 10.7 Å². The molecule has 1 N–H and O–H groups in total. The van der Waals surface area contributed by atoms with Crippen molar-refractivity contribution < 1.29 is 27.5 Å². The zero-order valence-electron chi connectivity index (χ0n) is 15.4. The number of likely N-dealkylation sites (N-methyl/N-ethyl adjacent to an activating group) is 1. The van der Waals surface area contributed by atoms with Crippen LogP contribution in [0.5, 0.6) is 0 Å². The van der Waals surface area contributed by atoms with Gasteiger partial charge in [0.15, 0.2) is 0 Å². The number of carbonyl (C=O) groups is 2. The first kappa shape index (κ1) is 21.8. The molecule has 1 heterocycles. The van der Waals surface area contributed by atoms with E-state index in [0.29, 0.717) is 24.6 Å². The molecule has 2 aromatic rings. The van der Waals surface area contributed by atoms with Crippen molar-refractivity contribution in [3.63, 3.8) is 0 Å². The summed E-state index contributed by atoms with van der Waals surface area (Å²) in [5.74, 6) is -0.804. The third-order valence-electron chi connectivity index (χ3n) is 3.74. The Morgan fingerprint density at radius 1 is 1.32 bits per heavy atom. The summed E-state index contributed by atoms with van der Waals surface area (Å²) in [5, 5.41) is 4.43. The van der Waals surface area contributed by atoms with Crippen molar-refractivity contribution in [1.29, 1.82) is 0 Å². The van der Waals surface area contributed by atoms with Gasteiger partial charge in [0.2, 0.25) is 5.91 Å². The number of alkyl halides is 3. The first-order chi connectivity index (χ1) is 13.2. The smallest absolute Gasteiger partial charge is 0.385 e.